The summed E-state index contributed by atoms with van der Waals surface area (Å²) in [4.78, 5) is 17.1. The van der Waals surface area contributed by atoms with Crippen molar-refractivity contribution in [3.8, 4) is 0 Å². The monoisotopic (exact) mass is 340 g/mol. The van der Waals surface area contributed by atoms with Crippen molar-refractivity contribution < 1.29 is 0 Å². The first kappa shape index (κ1) is 15.2. The molecule has 0 radical (unpaired) electrons. The highest BCUT2D eigenvalue weighted by Gasteiger charge is 2.24. The summed E-state index contributed by atoms with van der Waals surface area (Å²) in [7, 11) is 3.79. The highest BCUT2D eigenvalue weighted by molar-refractivity contribution is 9.11. The minimum Gasteiger partial charge on any atom is -0.368 e. The fraction of sp³-hybridized carbons (Fsp3) is 0.615. The van der Waals surface area contributed by atoms with Gasteiger partial charge in [0.15, 0.2) is 5.82 Å². The Balaban J connectivity index is 2.23. The molecule has 2 heterocycles. The molecule has 2 rings (SSSR count). The predicted octanol–water partition coefficient (Wildman–Crippen LogP) is 1.96. The van der Waals surface area contributed by atoms with Gasteiger partial charge in [0.25, 0.3) is 0 Å². The van der Waals surface area contributed by atoms with E-state index in [1.807, 2.05) is 19.0 Å². The number of hydrogen-bond acceptors (Lipinski definition) is 6. The largest absolute Gasteiger partial charge is 0.368 e. The third-order valence-corrected chi connectivity index (χ3v) is 4.49. The van der Waals surface area contributed by atoms with Crippen LogP contribution in [-0.4, -0.2) is 47.0 Å². The molecule has 20 heavy (non-hydrogen) atoms. The molecule has 1 aliphatic rings. The maximum Gasteiger partial charge on any atom is 0.229 e. The van der Waals surface area contributed by atoms with Crippen LogP contribution < -0.4 is 10.6 Å². The van der Waals surface area contributed by atoms with Crippen molar-refractivity contribution in [3.63, 3.8) is 0 Å². The minimum absolute atomic E-state index is 0.111. The second-order valence-corrected chi connectivity index (χ2v) is 6.29. The maximum absolute atomic E-state index is 5.79. The van der Waals surface area contributed by atoms with E-state index in [1.54, 1.807) is 0 Å². The van der Waals surface area contributed by atoms with Gasteiger partial charge >= 0.3 is 0 Å². The number of hydrogen-bond donors (Lipinski definition) is 1. The van der Waals surface area contributed by atoms with Gasteiger partial charge in [-0.05, 0) is 20.3 Å². The molecule has 0 unspecified atom stereocenters. The summed E-state index contributed by atoms with van der Waals surface area (Å²) < 4.78 is 1.26. The number of nitrogens with zero attached hydrogens (tertiary/aromatic N) is 5. The standard InChI is InChI=1S/C13H21BrN6/c1-8-5-6-20(7-10(8)14)9(2)11-16-12(15)18-13(17-11)19(3)4/h9H,5-7H2,1-4H3,(H2,15,16,17,18)/t9-/m0/s1. The number of nitrogens with two attached hydrogens (primary N) is 1. The zero-order chi connectivity index (χ0) is 14.9. The van der Waals surface area contributed by atoms with Crippen LogP contribution in [0.4, 0.5) is 11.9 Å². The van der Waals surface area contributed by atoms with E-state index in [-0.39, 0.29) is 12.0 Å². The maximum atomic E-state index is 5.79. The van der Waals surface area contributed by atoms with E-state index < -0.39 is 0 Å². The van der Waals surface area contributed by atoms with Crippen molar-refractivity contribution in [3.05, 3.63) is 15.9 Å². The molecule has 110 valence electrons. The first-order valence-corrected chi connectivity index (χ1v) is 7.44. The molecule has 1 aromatic rings. The van der Waals surface area contributed by atoms with Crippen molar-refractivity contribution in [2.24, 2.45) is 0 Å². The summed E-state index contributed by atoms with van der Waals surface area (Å²) in [5.41, 5.74) is 7.20. The SMILES string of the molecule is CC1=C(Br)CN([C@@H](C)c2nc(N)nc(N(C)C)n2)CC1. The van der Waals surface area contributed by atoms with Crippen LogP contribution in [0.5, 0.6) is 0 Å². The van der Waals surface area contributed by atoms with Crippen LogP contribution in [0.2, 0.25) is 0 Å². The quantitative estimate of drug-likeness (QED) is 0.906. The number of aromatic nitrogens is 3. The van der Waals surface area contributed by atoms with E-state index in [0.29, 0.717) is 5.95 Å². The van der Waals surface area contributed by atoms with Gasteiger partial charge in [-0.2, -0.15) is 15.0 Å². The van der Waals surface area contributed by atoms with E-state index in [9.17, 15) is 0 Å². The van der Waals surface area contributed by atoms with Crippen molar-refractivity contribution in [1.82, 2.24) is 19.9 Å². The fourth-order valence-corrected chi connectivity index (χ4v) is 2.64. The molecule has 0 aliphatic carbocycles. The van der Waals surface area contributed by atoms with Gasteiger partial charge < -0.3 is 10.6 Å². The lowest BCUT2D eigenvalue weighted by Gasteiger charge is -2.32. The summed E-state index contributed by atoms with van der Waals surface area (Å²) in [6.07, 6.45) is 1.06. The lowest BCUT2D eigenvalue weighted by molar-refractivity contribution is 0.217. The van der Waals surface area contributed by atoms with Gasteiger partial charge in [-0.15, -0.1) is 0 Å². The fourth-order valence-electron chi connectivity index (χ4n) is 2.12. The van der Waals surface area contributed by atoms with Crippen molar-refractivity contribution >= 4 is 27.8 Å². The molecule has 0 aromatic carbocycles. The first-order valence-electron chi connectivity index (χ1n) is 6.65. The molecular formula is C13H21BrN6. The zero-order valence-electron chi connectivity index (χ0n) is 12.4. The molecule has 0 spiro atoms. The van der Waals surface area contributed by atoms with Crippen molar-refractivity contribution in [2.75, 3.05) is 37.8 Å². The second kappa shape index (κ2) is 6.05. The molecule has 0 saturated carbocycles. The minimum atomic E-state index is 0.111. The predicted molar refractivity (Wildman–Crippen MR) is 84.8 cm³/mol. The molecule has 1 aliphatic heterocycles. The van der Waals surface area contributed by atoms with Gasteiger partial charge in [-0.3, -0.25) is 4.90 Å². The van der Waals surface area contributed by atoms with E-state index in [1.165, 1.54) is 10.1 Å². The van der Waals surface area contributed by atoms with E-state index in [4.69, 9.17) is 5.73 Å². The Morgan fingerprint density at radius 1 is 1.30 bits per heavy atom. The van der Waals surface area contributed by atoms with Crippen LogP contribution in [0.15, 0.2) is 10.1 Å². The molecule has 6 nitrogen and oxygen atoms in total. The zero-order valence-corrected chi connectivity index (χ0v) is 14.0. The number of halogens is 1. The molecule has 1 atom stereocenters. The normalized spacial score (nSPS) is 18.2. The Kier molecular flexibility index (Phi) is 4.59. The first-order chi connectivity index (χ1) is 9.38. The Bertz CT molecular complexity index is 528. The molecule has 0 saturated heterocycles. The average molecular weight is 341 g/mol. The highest BCUT2D eigenvalue weighted by atomic mass is 79.9. The molecule has 0 amide bonds. The summed E-state index contributed by atoms with van der Waals surface area (Å²) in [5, 5.41) is 0. The van der Waals surface area contributed by atoms with Gasteiger partial charge in [0.1, 0.15) is 0 Å². The van der Waals surface area contributed by atoms with Crippen molar-refractivity contribution in [1.29, 1.82) is 0 Å². The third-order valence-electron chi connectivity index (χ3n) is 3.56. The Hall–Kier alpha value is -1.21. The Morgan fingerprint density at radius 2 is 2.00 bits per heavy atom. The molecule has 0 bridgehead atoms. The molecule has 7 heteroatoms. The van der Waals surface area contributed by atoms with E-state index >= 15 is 0 Å². The van der Waals surface area contributed by atoms with Gasteiger partial charge in [-0.25, -0.2) is 0 Å². The van der Waals surface area contributed by atoms with Crippen LogP contribution in [-0.2, 0) is 0 Å². The van der Waals surface area contributed by atoms with Gasteiger partial charge in [0.2, 0.25) is 11.9 Å². The van der Waals surface area contributed by atoms with Gasteiger partial charge in [0.05, 0.1) is 6.04 Å². The molecule has 2 N–H and O–H groups in total. The lowest BCUT2D eigenvalue weighted by atomic mass is 10.1. The van der Waals surface area contributed by atoms with Gasteiger partial charge in [0, 0.05) is 31.7 Å². The molecular weight excluding hydrogens is 320 g/mol. The lowest BCUT2D eigenvalue weighted by Crippen LogP contribution is -2.34. The number of anilines is 2. The average Bonchev–Trinajstić information content (AvgIpc) is 2.40. The van der Waals surface area contributed by atoms with Crippen LogP contribution >= 0.6 is 15.9 Å². The third kappa shape index (κ3) is 3.27. The molecule has 1 aromatic heterocycles. The smallest absolute Gasteiger partial charge is 0.229 e. The second-order valence-electron chi connectivity index (χ2n) is 5.33. The van der Waals surface area contributed by atoms with E-state index in [0.717, 1.165) is 25.3 Å². The number of rotatable bonds is 3. The Morgan fingerprint density at radius 3 is 2.60 bits per heavy atom. The summed E-state index contributed by atoms with van der Waals surface area (Å²) in [5.74, 6) is 1.59. The van der Waals surface area contributed by atoms with Crippen molar-refractivity contribution in [2.45, 2.75) is 26.3 Å². The summed E-state index contributed by atoms with van der Waals surface area (Å²) in [6, 6.07) is 0.111. The van der Waals surface area contributed by atoms with Crippen LogP contribution in [0.25, 0.3) is 0 Å². The summed E-state index contributed by atoms with van der Waals surface area (Å²) >= 11 is 3.64. The van der Waals surface area contributed by atoms with E-state index in [2.05, 4.69) is 49.6 Å². The Labute approximate surface area is 128 Å². The van der Waals surface area contributed by atoms with Crippen LogP contribution in [0, 0.1) is 0 Å². The van der Waals surface area contributed by atoms with Gasteiger partial charge in [-0.1, -0.05) is 21.5 Å². The number of nitrogen functional groups attached to an aromatic ring is 1. The topological polar surface area (TPSA) is 71.2 Å². The highest BCUT2D eigenvalue weighted by Crippen LogP contribution is 2.28. The molecule has 0 fully saturated rings. The summed E-state index contributed by atoms with van der Waals surface area (Å²) in [6.45, 7) is 6.16. The van der Waals surface area contributed by atoms with Crippen LogP contribution in [0.1, 0.15) is 32.1 Å². The van der Waals surface area contributed by atoms with Crippen LogP contribution in [0.3, 0.4) is 0 Å².